The van der Waals surface area contributed by atoms with E-state index >= 15 is 0 Å². The van der Waals surface area contributed by atoms with Gasteiger partial charge in [-0.25, -0.2) is 14.3 Å². The number of nitrogens with one attached hydrogen (secondary N) is 1. The molecule has 1 unspecified atom stereocenters. The Kier molecular flexibility index (Phi) is 5.49. The lowest BCUT2D eigenvalue weighted by atomic mass is 9.95. The highest BCUT2D eigenvalue weighted by Crippen LogP contribution is 2.27. The largest absolute Gasteiger partial charge is 0.345 e. The Hall–Kier alpha value is -1.79. The molecule has 0 bridgehead atoms. The van der Waals surface area contributed by atoms with Crippen LogP contribution in [-0.4, -0.2) is 44.4 Å². The van der Waals surface area contributed by atoms with E-state index < -0.39 is 0 Å². The minimum atomic E-state index is -0.0752. The Labute approximate surface area is 149 Å². The lowest BCUT2D eigenvalue weighted by molar-refractivity contribution is 0.170. The molecule has 2 aliphatic rings. The van der Waals surface area contributed by atoms with Crippen LogP contribution in [0.1, 0.15) is 76.6 Å². The number of likely N-dealkylation sites (tertiary alicyclic amines) is 1. The van der Waals surface area contributed by atoms with Gasteiger partial charge in [-0.3, -0.25) is 4.57 Å². The number of rotatable bonds is 3. The van der Waals surface area contributed by atoms with Crippen LogP contribution in [0.2, 0.25) is 0 Å². The molecule has 7 nitrogen and oxygen atoms in total. The summed E-state index contributed by atoms with van der Waals surface area (Å²) in [5.74, 6) is 0.944. The van der Waals surface area contributed by atoms with E-state index in [9.17, 15) is 9.59 Å². The average Bonchev–Trinajstić information content (AvgIpc) is 2.91. The molecule has 0 spiro atoms. The molecule has 0 radical (unpaired) electrons. The Morgan fingerprint density at radius 1 is 1.16 bits per heavy atom. The highest BCUT2D eigenvalue weighted by Gasteiger charge is 2.30. The fourth-order valence-electron chi connectivity index (χ4n) is 4.15. The molecule has 1 N–H and O–H groups in total. The van der Waals surface area contributed by atoms with Crippen LogP contribution >= 0.6 is 0 Å². The molecule has 0 aromatic carbocycles. The molecule has 1 saturated carbocycles. The minimum Gasteiger partial charge on any atom is -0.335 e. The van der Waals surface area contributed by atoms with E-state index in [1.54, 1.807) is 11.6 Å². The van der Waals surface area contributed by atoms with Crippen molar-refractivity contribution in [2.45, 2.75) is 76.8 Å². The average molecular weight is 349 g/mol. The van der Waals surface area contributed by atoms with Gasteiger partial charge in [0, 0.05) is 38.1 Å². The molecule has 1 aromatic heterocycles. The highest BCUT2D eigenvalue weighted by atomic mass is 16.2. The second-order valence-corrected chi connectivity index (χ2v) is 7.80. The second kappa shape index (κ2) is 7.62. The van der Waals surface area contributed by atoms with Crippen molar-refractivity contribution < 1.29 is 4.79 Å². The van der Waals surface area contributed by atoms with Crippen molar-refractivity contribution in [3.63, 3.8) is 0 Å². The van der Waals surface area contributed by atoms with E-state index in [0.29, 0.717) is 12.6 Å². The number of aryl methyl sites for hydroxylation is 1. The van der Waals surface area contributed by atoms with E-state index in [1.807, 2.05) is 18.7 Å². The zero-order valence-corrected chi connectivity index (χ0v) is 15.7. The van der Waals surface area contributed by atoms with E-state index in [-0.39, 0.29) is 23.7 Å². The van der Waals surface area contributed by atoms with Gasteiger partial charge in [0.25, 0.3) is 0 Å². The molecule has 1 atom stereocenters. The quantitative estimate of drug-likeness (QED) is 0.911. The maximum absolute atomic E-state index is 12.7. The van der Waals surface area contributed by atoms with E-state index in [4.69, 9.17) is 0 Å². The molecule has 2 amide bonds. The first-order valence-electron chi connectivity index (χ1n) is 9.68. The van der Waals surface area contributed by atoms with Crippen LogP contribution in [-0.2, 0) is 7.05 Å². The van der Waals surface area contributed by atoms with Crippen LogP contribution in [0.5, 0.6) is 0 Å². The van der Waals surface area contributed by atoms with Crippen molar-refractivity contribution >= 4 is 6.03 Å². The van der Waals surface area contributed by atoms with Crippen LogP contribution in [0.25, 0.3) is 0 Å². The van der Waals surface area contributed by atoms with Gasteiger partial charge >= 0.3 is 11.7 Å². The predicted octanol–water partition coefficient (Wildman–Crippen LogP) is 2.38. The van der Waals surface area contributed by atoms with Crippen molar-refractivity contribution in [3.05, 3.63) is 16.3 Å². The summed E-state index contributed by atoms with van der Waals surface area (Å²) in [5.41, 5.74) is -0.0752. The predicted molar refractivity (Wildman–Crippen MR) is 96.8 cm³/mol. The number of carbonyl (C=O) groups excluding carboxylic acids is 1. The molecule has 1 aromatic rings. The third kappa shape index (κ3) is 3.90. The minimum absolute atomic E-state index is 0.0472. The molecular formula is C18H31N5O2. The van der Waals surface area contributed by atoms with Gasteiger partial charge in [-0.05, 0) is 39.5 Å². The molecule has 7 heteroatoms. The number of amides is 2. The van der Waals surface area contributed by atoms with Gasteiger partial charge in [0.2, 0.25) is 0 Å². The van der Waals surface area contributed by atoms with Crippen LogP contribution in [0.15, 0.2) is 4.79 Å². The van der Waals surface area contributed by atoms with Gasteiger partial charge in [0.15, 0.2) is 0 Å². The third-order valence-corrected chi connectivity index (χ3v) is 5.51. The number of piperidine rings is 1. The first kappa shape index (κ1) is 18.0. The maximum atomic E-state index is 12.7. The molecule has 3 rings (SSSR count). The van der Waals surface area contributed by atoms with Crippen LogP contribution in [0.4, 0.5) is 4.79 Å². The monoisotopic (exact) mass is 349 g/mol. The third-order valence-electron chi connectivity index (χ3n) is 5.51. The molecule has 2 heterocycles. The Morgan fingerprint density at radius 3 is 2.56 bits per heavy atom. The topological polar surface area (TPSA) is 72.2 Å². The summed E-state index contributed by atoms with van der Waals surface area (Å²) in [6.07, 6.45) is 7.81. The Bertz CT molecular complexity index is 657. The molecule has 1 aliphatic carbocycles. The second-order valence-electron chi connectivity index (χ2n) is 7.80. The van der Waals surface area contributed by atoms with Gasteiger partial charge in [-0.1, -0.05) is 19.3 Å². The van der Waals surface area contributed by atoms with Crippen LogP contribution in [0, 0.1) is 0 Å². The van der Waals surface area contributed by atoms with Crippen LogP contribution < -0.4 is 11.0 Å². The number of hydrogen-bond donors (Lipinski definition) is 1. The van der Waals surface area contributed by atoms with Gasteiger partial charge in [-0.15, -0.1) is 0 Å². The summed E-state index contributed by atoms with van der Waals surface area (Å²) < 4.78 is 3.18. The molecule has 140 valence electrons. The van der Waals surface area contributed by atoms with Gasteiger partial charge in [0.05, 0.1) is 0 Å². The Balaban J connectivity index is 1.70. The van der Waals surface area contributed by atoms with Crippen molar-refractivity contribution in [2.24, 2.45) is 7.05 Å². The van der Waals surface area contributed by atoms with Crippen molar-refractivity contribution in [3.8, 4) is 0 Å². The molecule has 2 fully saturated rings. The Morgan fingerprint density at radius 2 is 1.88 bits per heavy atom. The molecular weight excluding hydrogens is 318 g/mol. The van der Waals surface area contributed by atoms with Gasteiger partial charge in [0.1, 0.15) is 5.82 Å². The van der Waals surface area contributed by atoms with E-state index in [0.717, 1.165) is 38.1 Å². The summed E-state index contributed by atoms with van der Waals surface area (Å²) in [7, 11) is 1.70. The van der Waals surface area contributed by atoms with Crippen molar-refractivity contribution in [2.75, 3.05) is 13.1 Å². The van der Waals surface area contributed by atoms with Crippen molar-refractivity contribution in [1.29, 1.82) is 0 Å². The first-order valence-corrected chi connectivity index (χ1v) is 9.68. The number of urea groups is 1. The summed E-state index contributed by atoms with van der Waals surface area (Å²) in [6.45, 7) is 5.43. The molecule has 1 aliphatic heterocycles. The number of carbonyl (C=O) groups is 1. The molecule has 1 saturated heterocycles. The van der Waals surface area contributed by atoms with Crippen molar-refractivity contribution in [1.82, 2.24) is 24.6 Å². The smallest absolute Gasteiger partial charge is 0.335 e. The maximum Gasteiger partial charge on any atom is 0.345 e. The standard InChI is InChI=1S/C18H31N5O2/c1-13(2)23-16(20-21(3)18(23)25)14-8-7-11-22(12-14)17(24)19-15-9-5-4-6-10-15/h13-15H,4-12H2,1-3H3,(H,19,24). The van der Waals surface area contributed by atoms with E-state index in [2.05, 4.69) is 10.4 Å². The van der Waals surface area contributed by atoms with Gasteiger partial charge < -0.3 is 10.2 Å². The fourth-order valence-corrected chi connectivity index (χ4v) is 4.15. The number of hydrogen-bond acceptors (Lipinski definition) is 3. The SMILES string of the molecule is CC(C)n1c(C2CCCN(C(=O)NC3CCCCC3)C2)nn(C)c1=O. The highest BCUT2D eigenvalue weighted by molar-refractivity contribution is 5.74. The zero-order valence-electron chi connectivity index (χ0n) is 15.7. The number of nitrogens with zero attached hydrogens (tertiary/aromatic N) is 4. The van der Waals surface area contributed by atoms with E-state index in [1.165, 1.54) is 23.9 Å². The number of aromatic nitrogens is 3. The summed E-state index contributed by atoms with van der Waals surface area (Å²) in [6, 6.07) is 0.443. The summed E-state index contributed by atoms with van der Waals surface area (Å²) in [5, 5.41) is 7.68. The lowest BCUT2D eigenvalue weighted by Crippen LogP contribution is -2.49. The summed E-state index contributed by atoms with van der Waals surface area (Å²) in [4.78, 5) is 26.9. The zero-order chi connectivity index (χ0) is 18.0. The molecule has 25 heavy (non-hydrogen) atoms. The van der Waals surface area contributed by atoms with Crippen LogP contribution in [0.3, 0.4) is 0 Å². The van der Waals surface area contributed by atoms with Gasteiger partial charge in [-0.2, -0.15) is 5.10 Å². The summed E-state index contributed by atoms with van der Waals surface area (Å²) >= 11 is 0. The fraction of sp³-hybridized carbons (Fsp3) is 0.833. The first-order chi connectivity index (χ1) is 12.0. The normalized spacial score (nSPS) is 22.4. The lowest BCUT2D eigenvalue weighted by Gasteiger charge is -2.34.